The van der Waals surface area contributed by atoms with Crippen molar-refractivity contribution in [3.05, 3.63) is 83.7 Å². The lowest BCUT2D eigenvalue weighted by atomic mass is 10.1. The largest absolute Gasteiger partial charge is 0.279 e. The molecule has 0 spiro atoms. The van der Waals surface area contributed by atoms with Gasteiger partial charge in [0.1, 0.15) is 4.90 Å². The second-order valence-corrected chi connectivity index (χ2v) is 8.41. The van der Waals surface area contributed by atoms with E-state index in [-0.39, 0.29) is 16.3 Å². The van der Waals surface area contributed by atoms with Crippen molar-refractivity contribution in [1.82, 2.24) is 20.0 Å². The van der Waals surface area contributed by atoms with Crippen molar-refractivity contribution in [2.45, 2.75) is 18.7 Å². The zero-order valence-electron chi connectivity index (χ0n) is 16.5. The van der Waals surface area contributed by atoms with Crippen LogP contribution in [0.3, 0.4) is 0 Å². The highest BCUT2D eigenvalue weighted by atomic mass is 32.2. The van der Waals surface area contributed by atoms with E-state index in [1.54, 1.807) is 19.1 Å². The fourth-order valence-electron chi connectivity index (χ4n) is 3.21. The first-order chi connectivity index (χ1) is 14.8. The maximum atomic E-state index is 13.5. The Kier molecular flexibility index (Phi) is 5.24. The van der Waals surface area contributed by atoms with Gasteiger partial charge in [-0.2, -0.15) is 5.10 Å². The molecule has 0 aliphatic heterocycles. The number of benzene rings is 2. The molecule has 10 heteroatoms. The van der Waals surface area contributed by atoms with Gasteiger partial charge in [-0.05, 0) is 38.1 Å². The number of hydrogen-bond donors (Lipinski definition) is 1. The van der Waals surface area contributed by atoms with Crippen molar-refractivity contribution in [1.29, 1.82) is 0 Å². The highest BCUT2D eigenvalue weighted by molar-refractivity contribution is 7.92. The Hall–Kier alpha value is -3.66. The predicted octanol–water partition coefficient (Wildman–Crippen LogP) is 4.03. The Morgan fingerprint density at radius 2 is 1.65 bits per heavy atom. The van der Waals surface area contributed by atoms with Gasteiger partial charge in [0.2, 0.25) is 0 Å². The molecule has 0 amide bonds. The summed E-state index contributed by atoms with van der Waals surface area (Å²) < 4.78 is 56.0. The van der Waals surface area contributed by atoms with Crippen molar-refractivity contribution < 1.29 is 17.2 Å². The van der Waals surface area contributed by atoms with E-state index >= 15 is 0 Å². The van der Waals surface area contributed by atoms with E-state index in [0.29, 0.717) is 17.2 Å². The van der Waals surface area contributed by atoms with E-state index in [9.17, 15) is 17.2 Å². The minimum Gasteiger partial charge on any atom is -0.279 e. The van der Waals surface area contributed by atoms with Gasteiger partial charge in [0.25, 0.3) is 10.0 Å². The monoisotopic (exact) mass is 441 g/mol. The van der Waals surface area contributed by atoms with Crippen LogP contribution in [-0.4, -0.2) is 28.4 Å². The number of nitrogens with one attached hydrogen (secondary N) is 1. The van der Waals surface area contributed by atoms with Gasteiger partial charge in [0, 0.05) is 11.6 Å². The van der Waals surface area contributed by atoms with Crippen LogP contribution in [-0.2, 0) is 10.0 Å². The van der Waals surface area contributed by atoms with Gasteiger partial charge in [-0.1, -0.05) is 30.3 Å². The van der Waals surface area contributed by atoms with Crippen molar-refractivity contribution in [3.8, 4) is 17.1 Å². The number of sulfonamides is 1. The maximum Gasteiger partial charge on any atom is 0.265 e. The molecule has 2 aromatic heterocycles. The van der Waals surface area contributed by atoms with Crippen LogP contribution < -0.4 is 4.72 Å². The summed E-state index contributed by atoms with van der Waals surface area (Å²) in [4.78, 5) is -0.0776. The van der Waals surface area contributed by atoms with Gasteiger partial charge in [0.05, 0.1) is 22.8 Å². The summed E-state index contributed by atoms with van der Waals surface area (Å²) in [6, 6.07) is 15.7. The second kappa shape index (κ2) is 7.88. The minimum absolute atomic E-state index is 0.0776. The van der Waals surface area contributed by atoms with Crippen LogP contribution in [0, 0.1) is 25.5 Å². The summed E-state index contributed by atoms with van der Waals surface area (Å²) in [6.07, 6.45) is 0. The number of aryl methyl sites for hydroxylation is 1. The number of nitrogens with zero attached hydrogens (tertiary/aromatic N) is 4. The Morgan fingerprint density at radius 1 is 0.903 bits per heavy atom. The van der Waals surface area contributed by atoms with Crippen LogP contribution in [0.25, 0.3) is 17.1 Å². The third-order valence-corrected chi connectivity index (χ3v) is 6.24. The standard InChI is InChI=1S/C21H17F2N5O2S/c1-13-21(31(29,30)27-16-8-9-17(22)18(23)12-16)14(2)28(26-13)20-11-10-19(24-25-20)15-6-4-3-5-7-15/h3-12,27H,1-2H3. The Morgan fingerprint density at radius 3 is 2.29 bits per heavy atom. The first-order valence-corrected chi connectivity index (χ1v) is 10.7. The highest BCUT2D eigenvalue weighted by Crippen LogP contribution is 2.25. The minimum atomic E-state index is -4.11. The molecular formula is C21H17F2N5O2S. The van der Waals surface area contributed by atoms with E-state index in [4.69, 9.17) is 0 Å². The molecular weight excluding hydrogens is 424 g/mol. The summed E-state index contributed by atoms with van der Waals surface area (Å²) in [5.41, 5.74) is 1.99. The van der Waals surface area contributed by atoms with E-state index < -0.39 is 21.7 Å². The zero-order valence-corrected chi connectivity index (χ0v) is 17.4. The first kappa shape index (κ1) is 20.6. The molecule has 0 aliphatic rings. The van der Waals surface area contributed by atoms with Gasteiger partial charge < -0.3 is 0 Å². The van der Waals surface area contributed by atoms with Crippen LogP contribution in [0.1, 0.15) is 11.4 Å². The molecule has 4 rings (SSSR count). The topological polar surface area (TPSA) is 89.8 Å². The van der Waals surface area contributed by atoms with Crippen molar-refractivity contribution in [2.24, 2.45) is 0 Å². The molecule has 0 saturated heterocycles. The molecule has 7 nitrogen and oxygen atoms in total. The molecule has 0 bridgehead atoms. The molecule has 1 N–H and O–H groups in total. The summed E-state index contributed by atoms with van der Waals surface area (Å²) in [5, 5.41) is 12.7. The van der Waals surface area contributed by atoms with E-state index in [1.807, 2.05) is 30.3 Å². The third-order valence-electron chi connectivity index (χ3n) is 4.60. The third kappa shape index (κ3) is 4.02. The van der Waals surface area contributed by atoms with Gasteiger partial charge in [0.15, 0.2) is 17.5 Å². The number of rotatable bonds is 5. The van der Waals surface area contributed by atoms with Crippen molar-refractivity contribution in [2.75, 3.05) is 4.72 Å². The van der Waals surface area contributed by atoms with Gasteiger partial charge in [-0.25, -0.2) is 21.9 Å². The fraction of sp³-hybridized carbons (Fsp3) is 0.0952. The quantitative estimate of drug-likeness (QED) is 0.505. The molecule has 31 heavy (non-hydrogen) atoms. The molecule has 0 saturated carbocycles. The van der Waals surface area contributed by atoms with Crippen molar-refractivity contribution in [3.63, 3.8) is 0 Å². The number of halogens is 2. The van der Waals surface area contributed by atoms with Gasteiger partial charge >= 0.3 is 0 Å². The van der Waals surface area contributed by atoms with Gasteiger partial charge in [-0.3, -0.25) is 4.72 Å². The summed E-state index contributed by atoms with van der Waals surface area (Å²) >= 11 is 0. The van der Waals surface area contributed by atoms with Crippen LogP contribution in [0.15, 0.2) is 65.6 Å². The average molecular weight is 441 g/mol. The Labute approximate surface area is 177 Å². The lowest BCUT2D eigenvalue weighted by molar-refractivity contribution is 0.509. The normalized spacial score (nSPS) is 11.5. The number of aromatic nitrogens is 4. The highest BCUT2D eigenvalue weighted by Gasteiger charge is 2.26. The van der Waals surface area contributed by atoms with Crippen LogP contribution in [0.5, 0.6) is 0 Å². The lowest BCUT2D eigenvalue weighted by Crippen LogP contribution is -2.15. The smallest absolute Gasteiger partial charge is 0.265 e. The van der Waals surface area contributed by atoms with Crippen LogP contribution in [0.4, 0.5) is 14.5 Å². The van der Waals surface area contributed by atoms with E-state index in [1.165, 1.54) is 11.6 Å². The Balaban J connectivity index is 1.67. The zero-order chi connectivity index (χ0) is 22.2. The summed E-state index contributed by atoms with van der Waals surface area (Å²) in [5.74, 6) is -1.88. The molecule has 2 aromatic carbocycles. The molecule has 158 valence electrons. The molecule has 2 heterocycles. The van der Waals surface area contributed by atoms with E-state index in [0.717, 1.165) is 23.8 Å². The summed E-state index contributed by atoms with van der Waals surface area (Å²) in [7, 11) is -4.11. The van der Waals surface area contributed by atoms with E-state index in [2.05, 4.69) is 20.0 Å². The SMILES string of the molecule is Cc1nn(-c2ccc(-c3ccccc3)nn2)c(C)c1S(=O)(=O)Nc1ccc(F)c(F)c1. The maximum absolute atomic E-state index is 13.5. The molecule has 0 unspecified atom stereocenters. The Bertz CT molecular complexity index is 1350. The second-order valence-electron chi connectivity index (χ2n) is 6.79. The summed E-state index contributed by atoms with van der Waals surface area (Å²) in [6.45, 7) is 3.11. The molecule has 0 fully saturated rings. The number of hydrogen-bond acceptors (Lipinski definition) is 5. The van der Waals surface area contributed by atoms with Gasteiger partial charge in [-0.15, -0.1) is 10.2 Å². The number of anilines is 1. The average Bonchev–Trinajstić information content (AvgIpc) is 3.06. The molecule has 0 aliphatic carbocycles. The van der Waals surface area contributed by atoms with Crippen LogP contribution in [0.2, 0.25) is 0 Å². The van der Waals surface area contributed by atoms with Crippen molar-refractivity contribution >= 4 is 15.7 Å². The predicted molar refractivity (Wildman–Crippen MR) is 111 cm³/mol. The molecule has 0 radical (unpaired) electrons. The van der Waals surface area contributed by atoms with Crippen LogP contribution >= 0.6 is 0 Å². The molecule has 4 aromatic rings. The lowest BCUT2D eigenvalue weighted by Gasteiger charge is -2.09. The fourth-order valence-corrected chi connectivity index (χ4v) is 4.65. The first-order valence-electron chi connectivity index (χ1n) is 9.20. The molecule has 0 atom stereocenters.